The van der Waals surface area contributed by atoms with Gasteiger partial charge in [0.25, 0.3) is 8.32 Å². The van der Waals surface area contributed by atoms with Crippen LogP contribution in [-0.2, 0) is 4.43 Å². The molecule has 0 bridgehead atoms. The molecule has 0 saturated heterocycles. The summed E-state index contributed by atoms with van der Waals surface area (Å²) in [7, 11) is -2.89. The van der Waals surface area contributed by atoms with E-state index in [-0.39, 0.29) is 17.1 Å². The van der Waals surface area contributed by atoms with Gasteiger partial charge in [-0.25, -0.2) is 4.79 Å². The van der Waals surface area contributed by atoms with E-state index >= 15 is 0 Å². The van der Waals surface area contributed by atoms with Crippen molar-refractivity contribution in [3.05, 3.63) is 60.7 Å². The van der Waals surface area contributed by atoms with Crippen molar-refractivity contribution >= 4 is 24.8 Å². The quantitative estimate of drug-likeness (QED) is 0.507. The van der Waals surface area contributed by atoms with Crippen LogP contribution >= 0.6 is 0 Å². The summed E-state index contributed by atoms with van der Waals surface area (Å²) in [5, 5.41) is 24.5. The lowest BCUT2D eigenvalue weighted by molar-refractivity contribution is -0.0438. The SMILES string of the molecule is CC(C)(C)[C@]1(NC(=O)O)C[C@@H](CC#N)CC[C@H]1O[Si](c1ccccc1)(c1ccccc1)C(C)(C)C. The van der Waals surface area contributed by atoms with Crippen molar-refractivity contribution in [1.29, 1.82) is 5.26 Å². The molecule has 5 nitrogen and oxygen atoms in total. The van der Waals surface area contributed by atoms with Gasteiger partial charge in [0.05, 0.1) is 17.7 Å². The van der Waals surface area contributed by atoms with E-state index in [4.69, 9.17) is 4.43 Å². The van der Waals surface area contributed by atoms with Gasteiger partial charge in [0.15, 0.2) is 0 Å². The Morgan fingerprint density at radius 1 is 1.03 bits per heavy atom. The molecule has 1 saturated carbocycles. The van der Waals surface area contributed by atoms with E-state index in [1.807, 2.05) is 12.1 Å². The van der Waals surface area contributed by atoms with Crippen LogP contribution in [0.1, 0.15) is 67.2 Å². The number of nitrogens with zero attached hydrogens (tertiary/aromatic N) is 1. The first-order valence-corrected chi connectivity index (χ1v) is 14.4. The Hall–Kier alpha value is -2.62. The Labute approximate surface area is 211 Å². The molecule has 2 N–H and O–H groups in total. The molecule has 2 aromatic carbocycles. The van der Waals surface area contributed by atoms with Gasteiger partial charge in [-0.15, -0.1) is 0 Å². The monoisotopic (exact) mass is 492 g/mol. The molecule has 0 aliphatic heterocycles. The predicted molar refractivity (Wildman–Crippen MR) is 143 cm³/mol. The third kappa shape index (κ3) is 5.17. The number of amides is 1. The number of benzene rings is 2. The number of hydrogen-bond donors (Lipinski definition) is 2. The second-order valence-electron chi connectivity index (χ2n) is 11.9. The van der Waals surface area contributed by atoms with E-state index in [2.05, 4.69) is 101 Å². The third-order valence-corrected chi connectivity index (χ3v) is 12.8. The Kier molecular flexibility index (Phi) is 7.83. The van der Waals surface area contributed by atoms with Crippen molar-refractivity contribution in [2.45, 2.75) is 83.9 Å². The van der Waals surface area contributed by atoms with Crippen LogP contribution in [0, 0.1) is 22.7 Å². The minimum absolute atomic E-state index is 0.130. The molecule has 3 rings (SSSR count). The smallest absolute Gasteiger partial charge is 0.405 e. The average molecular weight is 493 g/mol. The maximum atomic E-state index is 12.2. The summed E-state index contributed by atoms with van der Waals surface area (Å²) in [5.41, 5.74) is -1.25. The highest BCUT2D eigenvalue weighted by Crippen LogP contribution is 2.49. The van der Waals surface area contributed by atoms with E-state index in [9.17, 15) is 15.2 Å². The summed E-state index contributed by atoms with van der Waals surface area (Å²) in [4.78, 5) is 12.2. The molecule has 188 valence electrons. The Morgan fingerprint density at radius 2 is 1.54 bits per heavy atom. The highest BCUT2D eigenvalue weighted by molar-refractivity contribution is 6.99. The van der Waals surface area contributed by atoms with E-state index in [0.717, 1.165) is 6.42 Å². The minimum Gasteiger partial charge on any atom is -0.465 e. The molecule has 1 aliphatic rings. The maximum Gasteiger partial charge on any atom is 0.405 e. The number of rotatable bonds is 6. The second-order valence-corrected chi connectivity index (χ2v) is 16.2. The lowest BCUT2D eigenvalue weighted by Gasteiger charge is -2.57. The first-order chi connectivity index (χ1) is 16.4. The molecule has 0 heterocycles. The normalized spacial score (nSPS) is 23.3. The zero-order valence-corrected chi connectivity index (χ0v) is 23.0. The first-order valence-electron chi connectivity index (χ1n) is 12.5. The molecule has 1 aliphatic carbocycles. The topological polar surface area (TPSA) is 82.4 Å². The van der Waals surface area contributed by atoms with Crippen LogP contribution in [0.2, 0.25) is 5.04 Å². The second kappa shape index (κ2) is 10.2. The molecule has 1 fully saturated rings. The lowest BCUT2D eigenvalue weighted by atomic mass is 9.61. The number of carboxylic acid groups (broad SMARTS) is 1. The van der Waals surface area contributed by atoms with Gasteiger partial charge in [-0.2, -0.15) is 5.26 Å². The first kappa shape index (κ1) is 27.0. The molecule has 0 unspecified atom stereocenters. The van der Waals surface area contributed by atoms with Gasteiger partial charge in [0, 0.05) is 6.42 Å². The summed E-state index contributed by atoms with van der Waals surface area (Å²) in [6, 6.07) is 23.2. The van der Waals surface area contributed by atoms with E-state index in [0.29, 0.717) is 19.3 Å². The van der Waals surface area contributed by atoms with E-state index in [1.165, 1.54) is 10.4 Å². The fourth-order valence-corrected chi connectivity index (χ4v) is 10.7. The van der Waals surface area contributed by atoms with Crippen LogP contribution in [0.3, 0.4) is 0 Å². The highest BCUT2D eigenvalue weighted by Gasteiger charge is 2.59. The van der Waals surface area contributed by atoms with Gasteiger partial charge >= 0.3 is 6.09 Å². The Balaban J connectivity index is 2.25. The Morgan fingerprint density at radius 3 is 1.94 bits per heavy atom. The van der Waals surface area contributed by atoms with Crippen molar-refractivity contribution in [3.63, 3.8) is 0 Å². The van der Waals surface area contributed by atoms with Crippen LogP contribution in [0.5, 0.6) is 0 Å². The minimum atomic E-state index is -2.89. The fourth-order valence-electron chi connectivity index (χ4n) is 5.99. The van der Waals surface area contributed by atoms with Gasteiger partial charge in [-0.05, 0) is 46.0 Å². The molecule has 6 heteroatoms. The summed E-state index contributed by atoms with van der Waals surface area (Å²) in [5.74, 6) is 0.130. The van der Waals surface area contributed by atoms with Crippen molar-refractivity contribution < 1.29 is 14.3 Å². The van der Waals surface area contributed by atoms with Crippen LogP contribution in [0.4, 0.5) is 4.79 Å². The molecular formula is C29H40N2O3Si. The van der Waals surface area contributed by atoms with Crippen molar-refractivity contribution in [2.24, 2.45) is 11.3 Å². The summed E-state index contributed by atoms with van der Waals surface area (Å²) < 4.78 is 7.52. The summed E-state index contributed by atoms with van der Waals surface area (Å²) in [6.07, 6.45) is 1.17. The number of nitrogens with one attached hydrogen (secondary N) is 1. The van der Waals surface area contributed by atoms with Crippen LogP contribution in [-0.4, -0.2) is 31.2 Å². The predicted octanol–water partition coefficient (Wildman–Crippen LogP) is 5.70. The van der Waals surface area contributed by atoms with Crippen molar-refractivity contribution in [2.75, 3.05) is 0 Å². The molecule has 0 spiro atoms. The Bertz CT molecular complexity index is 998. The molecule has 0 aromatic heterocycles. The van der Waals surface area contributed by atoms with Gasteiger partial charge in [0.1, 0.15) is 0 Å². The van der Waals surface area contributed by atoms with Crippen molar-refractivity contribution in [3.8, 4) is 6.07 Å². The summed E-state index contributed by atoms with van der Waals surface area (Å²) >= 11 is 0. The summed E-state index contributed by atoms with van der Waals surface area (Å²) in [6.45, 7) is 13.0. The van der Waals surface area contributed by atoms with Crippen LogP contribution in [0.15, 0.2) is 60.7 Å². The van der Waals surface area contributed by atoms with Crippen LogP contribution in [0.25, 0.3) is 0 Å². The molecule has 35 heavy (non-hydrogen) atoms. The van der Waals surface area contributed by atoms with Gasteiger partial charge < -0.3 is 14.8 Å². The lowest BCUT2D eigenvalue weighted by Crippen LogP contribution is -2.74. The number of carbonyl (C=O) groups is 1. The average Bonchev–Trinajstić information content (AvgIpc) is 2.78. The van der Waals surface area contributed by atoms with Gasteiger partial charge in [-0.3, -0.25) is 0 Å². The van der Waals surface area contributed by atoms with E-state index < -0.39 is 25.4 Å². The van der Waals surface area contributed by atoms with Crippen molar-refractivity contribution in [1.82, 2.24) is 5.32 Å². The molecule has 2 aromatic rings. The standard InChI is InChI=1S/C29H40N2O3Si/c1-27(2,3)29(31-26(32)33)21-22(19-20-30)17-18-25(29)34-35(28(4,5)6,23-13-9-7-10-14-23)24-15-11-8-12-16-24/h7-16,22,25,31H,17-19,21H2,1-6H3,(H,32,33)/t22-,25-,29+/m1/s1. The zero-order chi connectivity index (χ0) is 25.9. The third-order valence-electron chi connectivity index (χ3n) is 7.78. The van der Waals surface area contributed by atoms with E-state index in [1.54, 1.807) is 0 Å². The number of hydrogen-bond acceptors (Lipinski definition) is 3. The number of nitriles is 1. The van der Waals surface area contributed by atoms with Gasteiger partial charge in [0.2, 0.25) is 0 Å². The van der Waals surface area contributed by atoms with Crippen LogP contribution < -0.4 is 15.7 Å². The fraction of sp³-hybridized carbons (Fsp3) is 0.517. The molecule has 0 radical (unpaired) electrons. The highest BCUT2D eigenvalue weighted by atomic mass is 28.4. The van der Waals surface area contributed by atoms with Gasteiger partial charge in [-0.1, -0.05) is 102 Å². The molecular weight excluding hydrogens is 452 g/mol. The largest absolute Gasteiger partial charge is 0.465 e. The maximum absolute atomic E-state index is 12.2. The zero-order valence-electron chi connectivity index (χ0n) is 22.0. The molecule has 1 amide bonds. The molecule has 3 atom stereocenters.